The highest BCUT2D eigenvalue weighted by molar-refractivity contribution is 5.88. The summed E-state index contributed by atoms with van der Waals surface area (Å²) < 4.78 is 0. The summed E-state index contributed by atoms with van der Waals surface area (Å²) in [5.74, 6) is -1.08. The Morgan fingerprint density at radius 2 is 1.88 bits per heavy atom. The summed E-state index contributed by atoms with van der Waals surface area (Å²) in [5.41, 5.74) is 7.08. The highest BCUT2D eigenvalue weighted by Crippen LogP contribution is 2.17. The quantitative estimate of drug-likeness (QED) is 0.764. The standard InChI is InChI=1S/C11H14N2O3.ClH/c1-7(14)13-9-4-2-8(3-5-9)10(12)6-11(15)16;/h2-5,10H,6,12H2,1H3,(H,13,14)(H,15,16);1H. The van der Waals surface area contributed by atoms with Gasteiger partial charge in [0.1, 0.15) is 0 Å². The number of carbonyl (C=O) groups is 2. The number of nitrogens with one attached hydrogen (secondary N) is 1. The third-order valence-corrected chi connectivity index (χ3v) is 2.05. The largest absolute Gasteiger partial charge is 0.481 e. The topological polar surface area (TPSA) is 92.4 Å². The molecule has 1 atom stereocenters. The van der Waals surface area contributed by atoms with Gasteiger partial charge in [0.15, 0.2) is 0 Å². The van der Waals surface area contributed by atoms with E-state index in [1.807, 2.05) is 0 Å². The first-order valence-electron chi connectivity index (χ1n) is 4.84. The van der Waals surface area contributed by atoms with E-state index in [1.165, 1.54) is 6.92 Å². The fourth-order valence-corrected chi connectivity index (χ4v) is 1.32. The van der Waals surface area contributed by atoms with Crippen molar-refractivity contribution >= 4 is 30.0 Å². The van der Waals surface area contributed by atoms with Crippen molar-refractivity contribution in [2.45, 2.75) is 19.4 Å². The van der Waals surface area contributed by atoms with Gasteiger partial charge in [-0.2, -0.15) is 0 Å². The van der Waals surface area contributed by atoms with Crippen LogP contribution in [0.3, 0.4) is 0 Å². The lowest BCUT2D eigenvalue weighted by Crippen LogP contribution is -2.15. The lowest BCUT2D eigenvalue weighted by molar-refractivity contribution is -0.137. The van der Waals surface area contributed by atoms with Gasteiger partial charge in [-0.15, -0.1) is 12.4 Å². The highest BCUT2D eigenvalue weighted by Gasteiger charge is 2.10. The minimum atomic E-state index is -0.932. The van der Waals surface area contributed by atoms with Crippen LogP contribution in [0.5, 0.6) is 0 Å². The Morgan fingerprint density at radius 1 is 1.35 bits per heavy atom. The van der Waals surface area contributed by atoms with Crippen molar-refractivity contribution in [2.24, 2.45) is 5.73 Å². The van der Waals surface area contributed by atoms with Gasteiger partial charge in [-0.05, 0) is 17.7 Å². The molecule has 1 unspecified atom stereocenters. The zero-order chi connectivity index (χ0) is 12.1. The number of nitrogens with two attached hydrogens (primary N) is 1. The van der Waals surface area contributed by atoms with Crippen LogP contribution in [0.25, 0.3) is 0 Å². The predicted octanol–water partition coefficient (Wildman–Crippen LogP) is 1.54. The van der Waals surface area contributed by atoms with E-state index < -0.39 is 12.0 Å². The number of amides is 1. The molecule has 0 aliphatic carbocycles. The van der Waals surface area contributed by atoms with E-state index in [9.17, 15) is 9.59 Å². The second-order valence-electron chi connectivity index (χ2n) is 3.51. The maximum atomic E-state index is 10.8. The third-order valence-electron chi connectivity index (χ3n) is 2.05. The summed E-state index contributed by atoms with van der Waals surface area (Å²) in [6, 6.07) is 6.28. The third kappa shape index (κ3) is 5.33. The fraction of sp³-hybridized carbons (Fsp3) is 0.273. The predicted molar refractivity (Wildman–Crippen MR) is 67.2 cm³/mol. The van der Waals surface area contributed by atoms with Crippen LogP contribution in [0.2, 0.25) is 0 Å². The first kappa shape index (κ1) is 15.4. The molecule has 5 nitrogen and oxygen atoms in total. The zero-order valence-corrected chi connectivity index (χ0v) is 10.2. The normalized spacial score (nSPS) is 11.2. The van der Waals surface area contributed by atoms with Crippen molar-refractivity contribution in [3.8, 4) is 0 Å². The SMILES string of the molecule is CC(=O)Nc1ccc(C(N)CC(=O)O)cc1.Cl. The number of aliphatic carboxylic acids is 1. The molecule has 6 heteroatoms. The van der Waals surface area contributed by atoms with Gasteiger partial charge in [-0.25, -0.2) is 0 Å². The molecule has 1 aromatic rings. The molecule has 4 N–H and O–H groups in total. The monoisotopic (exact) mass is 258 g/mol. The summed E-state index contributed by atoms with van der Waals surface area (Å²) in [6.45, 7) is 1.42. The molecule has 0 heterocycles. The molecule has 1 rings (SSSR count). The number of carboxylic acids is 1. The van der Waals surface area contributed by atoms with E-state index in [1.54, 1.807) is 24.3 Å². The first-order chi connectivity index (χ1) is 7.49. The molecule has 1 aromatic carbocycles. The van der Waals surface area contributed by atoms with Crippen molar-refractivity contribution in [3.05, 3.63) is 29.8 Å². The Hall–Kier alpha value is -1.59. The van der Waals surface area contributed by atoms with Crippen LogP contribution in [0, 0.1) is 0 Å². The molecule has 0 saturated carbocycles. The maximum Gasteiger partial charge on any atom is 0.305 e. The fourth-order valence-electron chi connectivity index (χ4n) is 1.32. The molecular formula is C11H15ClN2O3. The average molecular weight is 259 g/mol. The van der Waals surface area contributed by atoms with Crippen molar-refractivity contribution in [1.82, 2.24) is 0 Å². The van der Waals surface area contributed by atoms with Crippen LogP contribution in [-0.4, -0.2) is 17.0 Å². The molecule has 17 heavy (non-hydrogen) atoms. The Bertz CT molecular complexity index is 392. The van der Waals surface area contributed by atoms with Gasteiger partial charge in [0.25, 0.3) is 0 Å². The average Bonchev–Trinajstić information content (AvgIpc) is 2.16. The summed E-state index contributed by atoms with van der Waals surface area (Å²) in [7, 11) is 0. The molecule has 0 bridgehead atoms. The van der Waals surface area contributed by atoms with Gasteiger partial charge in [0.2, 0.25) is 5.91 Å². The van der Waals surface area contributed by atoms with E-state index in [0.717, 1.165) is 5.56 Å². The van der Waals surface area contributed by atoms with E-state index >= 15 is 0 Å². The zero-order valence-electron chi connectivity index (χ0n) is 9.34. The molecular weight excluding hydrogens is 244 g/mol. The van der Waals surface area contributed by atoms with Gasteiger partial charge in [-0.1, -0.05) is 12.1 Å². The lowest BCUT2D eigenvalue weighted by atomic mass is 10.0. The van der Waals surface area contributed by atoms with Gasteiger partial charge in [-0.3, -0.25) is 9.59 Å². The minimum absolute atomic E-state index is 0. The number of hydrogen-bond acceptors (Lipinski definition) is 3. The van der Waals surface area contributed by atoms with Gasteiger partial charge >= 0.3 is 5.97 Å². The second kappa shape index (κ2) is 6.88. The molecule has 94 valence electrons. The van der Waals surface area contributed by atoms with Crippen LogP contribution in [0.4, 0.5) is 5.69 Å². The molecule has 0 aliphatic heterocycles. The Labute approximate surface area is 105 Å². The van der Waals surface area contributed by atoms with Crippen molar-refractivity contribution in [1.29, 1.82) is 0 Å². The van der Waals surface area contributed by atoms with Gasteiger partial charge in [0.05, 0.1) is 6.42 Å². The number of rotatable bonds is 4. The molecule has 0 aromatic heterocycles. The minimum Gasteiger partial charge on any atom is -0.481 e. The highest BCUT2D eigenvalue weighted by atomic mass is 35.5. The summed E-state index contributed by atoms with van der Waals surface area (Å²) >= 11 is 0. The second-order valence-corrected chi connectivity index (χ2v) is 3.51. The summed E-state index contributed by atoms with van der Waals surface area (Å²) in [6.07, 6.45) is -0.112. The van der Waals surface area contributed by atoms with Crippen LogP contribution < -0.4 is 11.1 Å². The Morgan fingerprint density at radius 3 is 2.29 bits per heavy atom. The Kier molecular flexibility index (Phi) is 6.23. The van der Waals surface area contributed by atoms with Crippen LogP contribution in [0.15, 0.2) is 24.3 Å². The number of anilines is 1. The molecule has 0 aliphatic rings. The number of carbonyl (C=O) groups excluding carboxylic acids is 1. The maximum absolute atomic E-state index is 10.8. The number of hydrogen-bond donors (Lipinski definition) is 3. The van der Waals surface area contributed by atoms with Crippen LogP contribution in [-0.2, 0) is 9.59 Å². The molecule has 0 fully saturated rings. The summed E-state index contributed by atoms with van der Waals surface area (Å²) in [5, 5.41) is 11.2. The van der Waals surface area contributed by atoms with Crippen LogP contribution >= 0.6 is 12.4 Å². The lowest BCUT2D eigenvalue weighted by Gasteiger charge is -2.10. The summed E-state index contributed by atoms with van der Waals surface area (Å²) in [4.78, 5) is 21.2. The molecule has 0 saturated heterocycles. The molecule has 1 amide bonds. The molecule has 0 spiro atoms. The van der Waals surface area contributed by atoms with E-state index in [0.29, 0.717) is 5.69 Å². The van der Waals surface area contributed by atoms with E-state index in [4.69, 9.17) is 10.8 Å². The van der Waals surface area contributed by atoms with Gasteiger partial charge in [0, 0.05) is 18.7 Å². The Balaban J connectivity index is 0.00000256. The number of carboxylic acid groups (broad SMARTS) is 1. The van der Waals surface area contributed by atoms with Crippen molar-refractivity contribution < 1.29 is 14.7 Å². The number of benzene rings is 1. The molecule has 0 radical (unpaired) electrons. The van der Waals surface area contributed by atoms with E-state index in [-0.39, 0.29) is 24.7 Å². The van der Waals surface area contributed by atoms with Crippen LogP contribution in [0.1, 0.15) is 24.9 Å². The van der Waals surface area contributed by atoms with E-state index in [2.05, 4.69) is 5.32 Å². The first-order valence-corrected chi connectivity index (χ1v) is 4.84. The van der Waals surface area contributed by atoms with Crippen molar-refractivity contribution in [3.63, 3.8) is 0 Å². The van der Waals surface area contributed by atoms with Gasteiger partial charge < -0.3 is 16.2 Å². The smallest absolute Gasteiger partial charge is 0.305 e. The number of halogens is 1. The van der Waals surface area contributed by atoms with Crippen molar-refractivity contribution in [2.75, 3.05) is 5.32 Å².